The Labute approximate surface area is 251 Å². The summed E-state index contributed by atoms with van der Waals surface area (Å²) in [5.41, 5.74) is 6.92. The first-order valence-electron chi connectivity index (χ1n) is 15.1. The van der Waals surface area contributed by atoms with E-state index in [1.54, 1.807) is 12.1 Å². The molecular weight excluding hydrogens is 581 g/mol. The first kappa shape index (κ1) is 31.9. The highest BCUT2D eigenvalue weighted by molar-refractivity contribution is 7.89. The topological polar surface area (TPSA) is 114 Å². The third kappa shape index (κ3) is 7.25. The number of anilines is 1. The van der Waals surface area contributed by atoms with Crippen LogP contribution in [0.3, 0.4) is 0 Å². The van der Waals surface area contributed by atoms with Crippen LogP contribution in [0.15, 0.2) is 36.4 Å². The van der Waals surface area contributed by atoms with Crippen LogP contribution in [0.5, 0.6) is 0 Å². The summed E-state index contributed by atoms with van der Waals surface area (Å²) < 4.78 is 77.3. The van der Waals surface area contributed by atoms with Crippen LogP contribution in [0.1, 0.15) is 63.0 Å². The van der Waals surface area contributed by atoms with Gasteiger partial charge in [0, 0.05) is 36.7 Å². The molecule has 12 heteroatoms. The van der Waals surface area contributed by atoms with Gasteiger partial charge in [-0.1, -0.05) is 12.1 Å². The molecule has 2 unspecified atom stereocenters. The Morgan fingerprint density at radius 1 is 1.09 bits per heavy atom. The van der Waals surface area contributed by atoms with E-state index in [0.29, 0.717) is 37.9 Å². The summed E-state index contributed by atoms with van der Waals surface area (Å²) in [5, 5.41) is 5.95. The van der Waals surface area contributed by atoms with E-state index in [1.807, 2.05) is 13.8 Å². The van der Waals surface area contributed by atoms with Gasteiger partial charge in [-0.15, -0.1) is 0 Å². The van der Waals surface area contributed by atoms with Gasteiger partial charge < -0.3 is 21.1 Å². The average Bonchev–Trinajstić information content (AvgIpc) is 3.07. The fourth-order valence-electron chi connectivity index (χ4n) is 7.11. The van der Waals surface area contributed by atoms with Crippen molar-refractivity contribution in [3.8, 4) is 0 Å². The minimum atomic E-state index is -3.45. The second kappa shape index (κ2) is 13.2. The van der Waals surface area contributed by atoms with Gasteiger partial charge in [-0.25, -0.2) is 21.6 Å². The van der Waals surface area contributed by atoms with E-state index in [0.717, 1.165) is 18.6 Å². The van der Waals surface area contributed by atoms with Crippen molar-refractivity contribution >= 4 is 21.6 Å². The predicted molar refractivity (Wildman–Crippen MR) is 158 cm³/mol. The van der Waals surface area contributed by atoms with E-state index in [9.17, 15) is 17.6 Å². The number of carbonyl (C=O) groups excluding carboxylic acids is 1. The molecule has 2 aromatic carbocycles. The lowest BCUT2D eigenvalue weighted by Gasteiger charge is -2.39. The zero-order valence-corrected chi connectivity index (χ0v) is 25.4. The van der Waals surface area contributed by atoms with Gasteiger partial charge in [-0.2, -0.15) is 4.31 Å². The molecule has 3 aliphatic rings. The minimum absolute atomic E-state index is 0.00780. The maximum absolute atomic E-state index is 15.2. The fraction of sp³-hybridized carbons (Fsp3) is 0.581. The van der Waals surface area contributed by atoms with Crippen molar-refractivity contribution in [2.24, 2.45) is 11.7 Å². The van der Waals surface area contributed by atoms with Crippen LogP contribution in [-0.4, -0.2) is 67.8 Å². The van der Waals surface area contributed by atoms with Crippen molar-refractivity contribution in [2.45, 2.75) is 88.6 Å². The summed E-state index contributed by atoms with van der Waals surface area (Å²) in [6.45, 7) is 4.66. The lowest BCUT2D eigenvalue weighted by atomic mass is 9.74. The molecule has 0 spiro atoms. The standard InChI is InChI=1S/C31H41F3N4O4S/c1-18-14-21(15-19(2)42-18)28(20-5-7-22(32)8-6-20)29(35)31(39)37-30-25(26(33)11-12-27(30)34)10-9-24-16-36-23-4-3-13-43(40,41)38(24)17-23/h5-8,11-12,18-19,21,23-24,28-29,36H,3-4,9-10,13-17,35H2,1-2H3,(H,37,39)/t18-,19+,21?,23-,24+,28+,29+/m1/s1. The molecule has 0 saturated carbocycles. The van der Waals surface area contributed by atoms with E-state index in [1.165, 1.54) is 16.4 Å². The maximum Gasteiger partial charge on any atom is 0.242 e. The summed E-state index contributed by atoms with van der Waals surface area (Å²) in [7, 11) is -3.45. The number of sulfonamides is 1. The van der Waals surface area contributed by atoms with Gasteiger partial charge in [0.25, 0.3) is 0 Å². The molecule has 5 rings (SSSR count). The summed E-state index contributed by atoms with van der Waals surface area (Å²) in [4.78, 5) is 13.7. The van der Waals surface area contributed by atoms with Crippen LogP contribution >= 0.6 is 0 Å². The zero-order valence-electron chi connectivity index (χ0n) is 24.6. The lowest BCUT2D eigenvalue weighted by Crippen LogP contribution is -2.57. The van der Waals surface area contributed by atoms with Crippen LogP contribution in [0, 0.1) is 23.4 Å². The lowest BCUT2D eigenvalue weighted by molar-refractivity contribution is -0.119. The molecule has 3 aliphatic heterocycles. The first-order chi connectivity index (χ1) is 20.4. The monoisotopic (exact) mass is 622 g/mol. The number of nitrogens with one attached hydrogen (secondary N) is 2. The molecule has 8 atom stereocenters. The van der Waals surface area contributed by atoms with Crippen LogP contribution in [0.2, 0.25) is 0 Å². The normalized spacial score (nSPS) is 30.2. The third-order valence-corrected chi connectivity index (χ3v) is 11.1. The van der Waals surface area contributed by atoms with Crippen LogP contribution in [0.4, 0.5) is 18.9 Å². The second-order valence-corrected chi connectivity index (χ2v) is 14.3. The average molecular weight is 623 g/mol. The Hall–Kier alpha value is -2.51. The molecule has 0 aliphatic carbocycles. The molecular formula is C31H41F3N4O4S. The van der Waals surface area contributed by atoms with E-state index in [-0.39, 0.29) is 54.0 Å². The number of halogens is 3. The number of nitrogens with zero attached hydrogens (tertiary/aromatic N) is 1. The number of benzene rings is 2. The van der Waals surface area contributed by atoms with Gasteiger partial charge >= 0.3 is 0 Å². The SMILES string of the molecule is C[C@@H]1CC([C@H](c2ccc(F)cc2)[C@H](N)C(=O)Nc2c(F)ccc(F)c2CC[C@H]2CN[C@@H]3CCCS(=O)(=O)N2C3)C[C@H](C)O1. The van der Waals surface area contributed by atoms with Crippen molar-refractivity contribution < 1.29 is 31.1 Å². The molecule has 8 nitrogen and oxygen atoms in total. The summed E-state index contributed by atoms with van der Waals surface area (Å²) in [5.74, 6) is -3.15. The third-order valence-electron chi connectivity index (χ3n) is 9.13. The fourth-order valence-corrected chi connectivity index (χ4v) is 8.91. The smallest absolute Gasteiger partial charge is 0.242 e. The number of rotatable bonds is 8. The predicted octanol–water partition coefficient (Wildman–Crippen LogP) is 4.06. The van der Waals surface area contributed by atoms with Crippen molar-refractivity contribution in [2.75, 3.05) is 24.2 Å². The molecule has 0 aromatic heterocycles. The molecule has 1 amide bonds. The number of hydrogen-bond donors (Lipinski definition) is 3. The van der Waals surface area contributed by atoms with Crippen molar-refractivity contribution in [1.82, 2.24) is 9.62 Å². The van der Waals surface area contributed by atoms with Crippen LogP contribution < -0.4 is 16.4 Å². The zero-order chi connectivity index (χ0) is 30.9. The number of ether oxygens (including phenoxy) is 1. The van der Waals surface area contributed by atoms with Gasteiger partial charge in [0.1, 0.15) is 17.5 Å². The first-order valence-corrected chi connectivity index (χ1v) is 16.7. The molecule has 2 aromatic rings. The van der Waals surface area contributed by atoms with Crippen LogP contribution in [0.25, 0.3) is 0 Å². The van der Waals surface area contributed by atoms with Crippen LogP contribution in [-0.2, 0) is 26.0 Å². The van der Waals surface area contributed by atoms with Gasteiger partial charge in [0.2, 0.25) is 15.9 Å². The number of fused-ring (bicyclic) bond motifs is 2. The van der Waals surface area contributed by atoms with Crippen molar-refractivity contribution in [3.05, 3.63) is 65.0 Å². The Morgan fingerprint density at radius 2 is 1.77 bits per heavy atom. The van der Waals surface area contributed by atoms with Crippen molar-refractivity contribution in [3.63, 3.8) is 0 Å². The molecule has 43 heavy (non-hydrogen) atoms. The number of amides is 1. The maximum atomic E-state index is 15.2. The van der Waals surface area contributed by atoms with E-state index in [2.05, 4.69) is 10.6 Å². The summed E-state index contributed by atoms with van der Waals surface area (Å²) >= 11 is 0. The van der Waals surface area contributed by atoms with E-state index < -0.39 is 51.4 Å². The van der Waals surface area contributed by atoms with Gasteiger partial charge in [-0.3, -0.25) is 4.79 Å². The molecule has 4 N–H and O–H groups in total. The highest BCUT2D eigenvalue weighted by atomic mass is 32.2. The minimum Gasteiger partial charge on any atom is -0.376 e. The Morgan fingerprint density at radius 3 is 2.47 bits per heavy atom. The quantitative estimate of drug-likeness (QED) is 0.410. The number of hydrogen-bond acceptors (Lipinski definition) is 6. The number of piperazine rings is 1. The molecule has 2 bridgehead atoms. The molecule has 3 heterocycles. The van der Waals surface area contributed by atoms with Gasteiger partial charge in [0.05, 0.1) is 29.7 Å². The van der Waals surface area contributed by atoms with E-state index >= 15 is 8.78 Å². The van der Waals surface area contributed by atoms with E-state index in [4.69, 9.17) is 10.5 Å². The molecule has 0 radical (unpaired) electrons. The molecule has 3 fully saturated rings. The Balaban J connectivity index is 1.37. The summed E-state index contributed by atoms with van der Waals surface area (Å²) in [6.07, 6.45) is 2.70. The highest BCUT2D eigenvalue weighted by Crippen LogP contribution is 2.39. The number of nitrogens with two attached hydrogens (primary N) is 1. The van der Waals surface area contributed by atoms with Gasteiger partial charge in [0.15, 0.2) is 0 Å². The van der Waals surface area contributed by atoms with Gasteiger partial charge in [-0.05, 0) is 88.1 Å². The Kier molecular flexibility index (Phi) is 9.82. The largest absolute Gasteiger partial charge is 0.376 e. The number of carbonyl (C=O) groups is 1. The summed E-state index contributed by atoms with van der Waals surface area (Å²) in [6, 6.07) is 6.30. The molecule has 236 valence electrons. The highest BCUT2D eigenvalue weighted by Gasteiger charge is 2.39. The Bertz CT molecular complexity index is 1400. The second-order valence-electron chi connectivity index (χ2n) is 12.3. The van der Waals surface area contributed by atoms with Crippen molar-refractivity contribution in [1.29, 1.82) is 0 Å². The molecule has 3 saturated heterocycles.